The zero-order valence-electron chi connectivity index (χ0n) is 19.3. The van der Waals surface area contributed by atoms with Gasteiger partial charge in [-0.3, -0.25) is 4.57 Å². The van der Waals surface area contributed by atoms with Crippen LogP contribution in [-0.4, -0.2) is 13.0 Å². The zero-order chi connectivity index (χ0) is 24.4. The number of hydrogen-bond donors (Lipinski definition) is 0. The molecule has 5 nitrogen and oxygen atoms in total. The number of sulfone groups is 1. The highest BCUT2D eigenvalue weighted by Crippen LogP contribution is 2.26. The molecule has 0 saturated carbocycles. The van der Waals surface area contributed by atoms with Gasteiger partial charge in [-0.25, -0.2) is 13.2 Å². The Morgan fingerprint density at radius 1 is 0.800 bits per heavy atom. The van der Waals surface area contributed by atoms with E-state index in [9.17, 15) is 13.2 Å². The van der Waals surface area contributed by atoms with Crippen molar-refractivity contribution in [3.05, 3.63) is 124 Å². The molecule has 4 aromatic carbocycles. The minimum atomic E-state index is -3.54. The summed E-state index contributed by atoms with van der Waals surface area (Å²) in [4.78, 5) is 12.8. The van der Waals surface area contributed by atoms with E-state index in [1.807, 2.05) is 85.8 Å². The van der Waals surface area contributed by atoms with Gasteiger partial charge >= 0.3 is 5.76 Å². The van der Waals surface area contributed by atoms with E-state index in [4.69, 9.17) is 4.42 Å². The van der Waals surface area contributed by atoms with Gasteiger partial charge in [-0.1, -0.05) is 78.4 Å². The minimum absolute atomic E-state index is 0.109. The van der Waals surface area contributed by atoms with Crippen molar-refractivity contribution in [1.29, 1.82) is 0 Å². The van der Waals surface area contributed by atoms with Crippen LogP contribution in [0.25, 0.3) is 22.0 Å². The Kier molecular flexibility index (Phi) is 6.14. The van der Waals surface area contributed by atoms with Crippen molar-refractivity contribution in [2.45, 2.75) is 30.5 Å². The summed E-state index contributed by atoms with van der Waals surface area (Å²) >= 11 is 0. The van der Waals surface area contributed by atoms with Crippen molar-refractivity contribution in [1.82, 2.24) is 4.57 Å². The molecule has 0 aliphatic carbocycles. The van der Waals surface area contributed by atoms with Crippen molar-refractivity contribution in [2.75, 3.05) is 0 Å². The second-order valence-corrected chi connectivity index (χ2v) is 10.7. The third-order valence-corrected chi connectivity index (χ3v) is 7.93. The third-order valence-electron chi connectivity index (χ3n) is 6.25. The fraction of sp³-hybridized carbons (Fsp3) is 0.138. The summed E-state index contributed by atoms with van der Waals surface area (Å²) in [6.45, 7) is 2.30. The Balaban J connectivity index is 1.51. The number of aryl methyl sites for hydroxylation is 2. The summed E-state index contributed by atoms with van der Waals surface area (Å²) in [5.41, 5.74) is 4.23. The molecule has 0 aliphatic heterocycles. The summed E-state index contributed by atoms with van der Waals surface area (Å²) in [6.07, 6.45) is 1.96. The first-order valence-electron chi connectivity index (χ1n) is 11.4. The number of benzene rings is 4. The molecule has 0 saturated heterocycles. The van der Waals surface area contributed by atoms with Gasteiger partial charge in [0.25, 0.3) is 0 Å². The lowest BCUT2D eigenvalue weighted by Gasteiger charge is -2.14. The van der Waals surface area contributed by atoms with E-state index >= 15 is 0 Å². The van der Waals surface area contributed by atoms with Crippen molar-refractivity contribution in [3.8, 4) is 11.3 Å². The molecule has 1 aromatic heterocycles. The van der Waals surface area contributed by atoms with Crippen LogP contribution in [0.4, 0.5) is 0 Å². The van der Waals surface area contributed by atoms with Gasteiger partial charge in [-0.2, -0.15) is 0 Å². The van der Waals surface area contributed by atoms with Crippen LogP contribution in [0, 0.1) is 6.92 Å². The van der Waals surface area contributed by atoms with Crippen LogP contribution in [0.5, 0.6) is 0 Å². The van der Waals surface area contributed by atoms with Gasteiger partial charge in [0.05, 0.1) is 16.3 Å². The third kappa shape index (κ3) is 4.84. The summed E-state index contributed by atoms with van der Waals surface area (Å²) in [5.74, 6) is -0.541. The van der Waals surface area contributed by atoms with Gasteiger partial charge in [-0.05, 0) is 53.4 Å². The number of oxazole rings is 1. The molecule has 1 heterocycles. The fourth-order valence-electron chi connectivity index (χ4n) is 4.34. The average Bonchev–Trinajstić information content (AvgIpc) is 3.23. The lowest BCUT2D eigenvalue weighted by Crippen LogP contribution is -2.17. The minimum Gasteiger partial charge on any atom is -0.416 e. The standard InChI is InChI=1S/C29H25NO4S/c1-21-11-13-27(14-12-21)35(32,33)20-26-18-24-10-6-5-9-23(24)17-25(26)15-16-30-28(19-34-29(30)31)22-7-3-2-4-8-22/h2-14,17-19H,15-16,20H2,1H3. The lowest BCUT2D eigenvalue weighted by atomic mass is 9.99. The number of rotatable bonds is 7. The maximum absolute atomic E-state index is 13.3. The first-order chi connectivity index (χ1) is 16.9. The number of aromatic nitrogens is 1. The van der Waals surface area contributed by atoms with E-state index in [1.54, 1.807) is 16.7 Å². The van der Waals surface area contributed by atoms with Gasteiger partial charge < -0.3 is 4.42 Å². The van der Waals surface area contributed by atoms with Crippen LogP contribution >= 0.6 is 0 Å². The average molecular weight is 484 g/mol. The number of hydrogen-bond acceptors (Lipinski definition) is 4. The van der Waals surface area contributed by atoms with Gasteiger partial charge in [0.15, 0.2) is 9.84 Å². The van der Waals surface area contributed by atoms with E-state index in [1.165, 1.54) is 6.26 Å². The Labute approximate surface area is 204 Å². The van der Waals surface area contributed by atoms with E-state index in [-0.39, 0.29) is 5.75 Å². The summed E-state index contributed by atoms with van der Waals surface area (Å²) in [6, 6.07) is 28.4. The maximum Gasteiger partial charge on any atom is 0.419 e. The second-order valence-electron chi connectivity index (χ2n) is 8.69. The molecule has 0 N–H and O–H groups in total. The molecule has 0 atom stereocenters. The van der Waals surface area contributed by atoms with Crippen LogP contribution in [0.3, 0.4) is 0 Å². The molecule has 5 rings (SSSR count). The molecule has 0 unspecified atom stereocenters. The van der Waals surface area contributed by atoms with E-state index < -0.39 is 15.6 Å². The normalized spacial score (nSPS) is 11.7. The van der Waals surface area contributed by atoms with E-state index in [0.717, 1.165) is 33.0 Å². The van der Waals surface area contributed by atoms with Gasteiger partial charge in [0, 0.05) is 12.1 Å². The van der Waals surface area contributed by atoms with Gasteiger partial charge in [0.1, 0.15) is 6.26 Å². The highest BCUT2D eigenvalue weighted by Gasteiger charge is 2.19. The summed E-state index contributed by atoms with van der Waals surface area (Å²) < 4.78 is 33.3. The van der Waals surface area contributed by atoms with Gasteiger partial charge in [0.2, 0.25) is 0 Å². The van der Waals surface area contributed by atoms with E-state index in [2.05, 4.69) is 0 Å². The Bertz CT molecular complexity index is 1650. The number of nitrogens with zero attached hydrogens (tertiary/aromatic N) is 1. The fourth-order valence-corrected chi connectivity index (χ4v) is 5.74. The van der Waals surface area contributed by atoms with Crippen LogP contribution in [-0.2, 0) is 28.6 Å². The van der Waals surface area contributed by atoms with Crippen molar-refractivity contribution in [2.24, 2.45) is 0 Å². The predicted molar refractivity (Wildman–Crippen MR) is 138 cm³/mol. The van der Waals surface area contributed by atoms with Gasteiger partial charge in [-0.15, -0.1) is 0 Å². The topological polar surface area (TPSA) is 69.3 Å². The van der Waals surface area contributed by atoms with Crippen molar-refractivity contribution in [3.63, 3.8) is 0 Å². The molecule has 0 radical (unpaired) electrons. The Hall–Kier alpha value is -3.90. The van der Waals surface area contributed by atoms with Crippen LogP contribution in [0.15, 0.2) is 111 Å². The van der Waals surface area contributed by atoms with Crippen LogP contribution < -0.4 is 5.76 Å². The van der Waals surface area contributed by atoms with Crippen molar-refractivity contribution >= 4 is 20.6 Å². The lowest BCUT2D eigenvalue weighted by molar-refractivity contribution is 0.477. The quantitative estimate of drug-likeness (QED) is 0.294. The Morgan fingerprint density at radius 2 is 1.43 bits per heavy atom. The largest absolute Gasteiger partial charge is 0.419 e. The molecule has 176 valence electrons. The second kappa shape index (κ2) is 9.39. The molecule has 0 amide bonds. The van der Waals surface area contributed by atoms with Crippen molar-refractivity contribution < 1.29 is 12.8 Å². The zero-order valence-corrected chi connectivity index (χ0v) is 20.2. The molecule has 0 spiro atoms. The molecule has 6 heteroatoms. The SMILES string of the molecule is Cc1ccc(S(=O)(=O)Cc2cc3ccccc3cc2CCn2c(-c3ccccc3)coc2=O)cc1. The van der Waals surface area contributed by atoms with Crippen LogP contribution in [0.1, 0.15) is 16.7 Å². The molecule has 0 bridgehead atoms. The number of fused-ring (bicyclic) bond motifs is 1. The molecular weight excluding hydrogens is 458 g/mol. The summed E-state index contributed by atoms with van der Waals surface area (Å²) in [5, 5.41) is 2.01. The Morgan fingerprint density at radius 3 is 2.11 bits per heavy atom. The highest BCUT2D eigenvalue weighted by molar-refractivity contribution is 7.90. The molecule has 0 fully saturated rings. The first kappa shape index (κ1) is 22.9. The molecule has 35 heavy (non-hydrogen) atoms. The monoisotopic (exact) mass is 483 g/mol. The molecule has 0 aliphatic rings. The van der Waals surface area contributed by atoms with E-state index in [0.29, 0.717) is 23.6 Å². The predicted octanol–water partition coefficient (Wildman–Crippen LogP) is 5.79. The van der Waals surface area contributed by atoms with Crippen LogP contribution in [0.2, 0.25) is 0 Å². The molecular formula is C29H25NO4S. The maximum atomic E-state index is 13.3. The molecule has 5 aromatic rings. The smallest absolute Gasteiger partial charge is 0.416 e. The highest BCUT2D eigenvalue weighted by atomic mass is 32.2. The summed E-state index contributed by atoms with van der Waals surface area (Å²) in [7, 11) is -3.54. The first-order valence-corrected chi connectivity index (χ1v) is 13.1.